The number of fused-ring (bicyclic) bond motifs is 1. The molecule has 1 aromatic carbocycles. The van der Waals surface area contributed by atoms with Crippen molar-refractivity contribution in [3.8, 4) is 11.5 Å². The molecule has 0 fully saturated rings. The average molecular weight is 395 g/mol. The van der Waals surface area contributed by atoms with Gasteiger partial charge in [-0.2, -0.15) is 4.40 Å². The Labute approximate surface area is 166 Å². The van der Waals surface area contributed by atoms with Crippen LogP contribution in [0.5, 0.6) is 11.5 Å². The van der Waals surface area contributed by atoms with Gasteiger partial charge in [-0.1, -0.05) is 39.3 Å². The molecule has 0 bridgehead atoms. The first kappa shape index (κ1) is 21.4. The monoisotopic (exact) mass is 394 g/mol. The summed E-state index contributed by atoms with van der Waals surface area (Å²) in [5.41, 5.74) is 0.752. The molecule has 1 amide bonds. The highest BCUT2D eigenvalue weighted by atomic mass is 32.2. The van der Waals surface area contributed by atoms with Gasteiger partial charge in [0.15, 0.2) is 17.4 Å². The smallest absolute Gasteiger partial charge is 0.426 e. The summed E-state index contributed by atoms with van der Waals surface area (Å²) in [7, 11) is 1.62. The van der Waals surface area contributed by atoms with Crippen LogP contribution in [-0.4, -0.2) is 35.6 Å². The van der Waals surface area contributed by atoms with Crippen molar-refractivity contribution < 1.29 is 19.0 Å². The van der Waals surface area contributed by atoms with Gasteiger partial charge >= 0.3 is 6.09 Å². The van der Waals surface area contributed by atoms with Gasteiger partial charge in [0.2, 0.25) is 0 Å². The van der Waals surface area contributed by atoms with Crippen molar-refractivity contribution in [2.45, 2.75) is 59.5 Å². The van der Waals surface area contributed by atoms with E-state index in [1.54, 1.807) is 13.1 Å². The molecule has 0 saturated carbocycles. The first-order chi connectivity index (χ1) is 12.7. The number of benzene rings is 1. The minimum absolute atomic E-state index is 0.145. The first-order valence-corrected chi connectivity index (χ1v) is 10.1. The molecule has 0 aliphatic carbocycles. The second-order valence-electron chi connectivity index (χ2n) is 7.52. The minimum Gasteiger partial charge on any atom is -0.483 e. The number of amides is 1. The normalized spacial score (nSPS) is 15.3. The fourth-order valence-corrected chi connectivity index (χ4v) is 3.15. The Kier molecular flexibility index (Phi) is 7.41. The van der Waals surface area contributed by atoms with Gasteiger partial charge in [0.05, 0.1) is 6.61 Å². The number of hydrogen-bond acceptors (Lipinski definition) is 6. The largest absolute Gasteiger partial charge is 0.483 e. The maximum Gasteiger partial charge on any atom is 0.426 e. The van der Waals surface area contributed by atoms with Crippen LogP contribution in [-0.2, 0) is 11.2 Å². The maximum atomic E-state index is 12.4. The molecule has 0 unspecified atom stereocenters. The Hall–Kier alpha value is -1.89. The van der Waals surface area contributed by atoms with Crippen molar-refractivity contribution in [3.63, 3.8) is 0 Å². The number of ether oxygens (including phenoxy) is 3. The second kappa shape index (κ2) is 9.35. The fraction of sp³-hybridized carbons (Fsp3) is 0.600. The molecule has 1 aliphatic heterocycles. The highest BCUT2D eigenvalue weighted by Gasteiger charge is 2.33. The van der Waals surface area contributed by atoms with Gasteiger partial charge in [-0.25, -0.2) is 9.10 Å². The molecule has 1 aliphatic rings. The van der Waals surface area contributed by atoms with Crippen LogP contribution >= 0.6 is 12.1 Å². The van der Waals surface area contributed by atoms with Crippen LogP contribution < -0.4 is 9.47 Å². The first-order valence-electron chi connectivity index (χ1n) is 9.37. The molecule has 150 valence electrons. The summed E-state index contributed by atoms with van der Waals surface area (Å²) in [6.07, 6.45) is 2.31. The quantitative estimate of drug-likeness (QED) is 0.273. The van der Waals surface area contributed by atoms with Gasteiger partial charge in [-0.3, -0.25) is 0 Å². The zero-order chi connectivity index (χ0) is 20.0. The van der Waals surface area contributed by atoms with E-state index in [4.69, 9.17) is 14.2 Å². The predicted molar refractivity (Wildman–Crippen MR) is 109 cm³/mol. The van der Waals surface area contributed by atoms with E-state index in [0.29, 0.717) is 24.0 Å². The van der Waals surface area contributed by atoms with Crippen LogP contribution in [0.4, 0.5) is 4.79 Å². The van der Waals surface area contributed by atoms with E-state index in [2.05, 4.69) is 11.3 Å². The molecular formula is C20H30N2O4S. The Bertz CT molecular complexity index is 689. The molecule has 0 radical (unpaired) electrons. The van der Waals surface area contributed by atoms with Gasteiger partial charge in [-0.05, 0) is 26.3 Å². The van der Waals surface area contributed by atoms with Crippen molar-refractivity contribution in [3.05, 3.63) is 23.8 Å². The highest BCUT2D eigenvalue weighted by Crippen LogP contribution is 2.42. The predicted octanol–water partition coefficient (Wildman–Crippen LogP) is 5.27. The van der Waals surface area contributed by atoms with Gasteiger partial charge in [0, 0.05) is 24.9 Å². The van der Waals surface area contributed by atoms with Gasteiger partial charge < -0.3 is 14.2 Å². The fourth-order valence-electron chi connectivity index (χ4n) is 2.58. The van der Waals surface area contributed by atoms with Crippen molar-refractivity contribution >= 4 is 24.1 Å². The molecule has 1 heterocycles. The van der Waals surface area contributed by atoms with E-state index >= 15 is 0 Å². The maximum absolute atomic E-state index is 12.4. The number of carbonyl (C=O) groups excluding carboxylic acids is 1. The Morgan fingerprint density at radius 1 is 1.41 bits per heavy atom. The van der Waals surface area contributed by atoms with Crippen LogP contribution in [0.1, 0.15) is 53.0 Å². The lowest BCUT2D eigenvalue weighted by Crippen LogP contribution is -2.26. The summed E-state index contributed by atoms with van der Waals surface area (Å²) < 4.78 is 22.9. The standard InChI is InChI=1S/C20H30N2O4S/c1-7-8-12-24-18(14(2)3)21-27-22(6)19(23)25-16-11-9-10-15-13-20(4,5)26-17(15)16/h9-11,14H,7-8,12-13H2,1-6H3/b21-18-. The topological polar surface area (TPSA) is 60.4 Å². The van der Waals surface area contributed by atoms with Crippen molar-refractivity contribution in [2.75, 3.05) is 13.7 Å². The number of carbonyl (C=O) groups is 1. The van der Waals surface area contributed by atoms with Gasteiger partial charge in [0.1, 0.15) is 17.7 Å². The highest BCUT2D eigenvalue weighted by molar-refractivity contribution is 7.96. The summed E-state index contributed by atoms with van der Waals surface area (Å²) in [5, 5.41) is 0. The summed E-state index contributed by atoms with van der Waals surface area (Å²) in [6, 6.07) is 5.61. The summed E-state index contributed by atoms with van der Waals surface area (Å²) in [4.78, 5) is 12.4. The zero-order valence-electron chi connectivity index (χ0n) is 17.1. The van der Waals surface area contributed by atoms with E-state index in [1.165, 1.54) is 4.31 Å². The summed E-state index contributed by atoms with van der Waals surface area (Å²) in [6.45, 7) is 10.8. The van der Waals surface area contributed by atoms with E-state index in [0.717, 1.165) is 37.0 Å². The Morgan fingerprint density at radius 2 is 2.15 bits per heavy atom. The van der Waals surface area contributed by atoms with Crippen molar-refractivity contribution in [2.24, 2.45) is 10.3 Å². The molecule has 2 rings (SSSR count). The van der Waals surface area contributed by atoms with E-state index < -0.39 is 6.09 Å². The third-order valence-corrected chi connectivity index (χ3v) is 4.66. The van der Waals surface area contributed by atoms with E-state index in [1.807, 2.05) is 39.8 Å². The number of nitrogens with zero attached hydrogens (tertiary/aromatic N) is 2. The molecule has 6 nitrogen and oxygen atoms in total. The molecule has 0 saturated heterocycles. The number of para-hydroxylation sites is 1. The molecule has 0 aromatic heterocycles. The molecular weight excluding hydrogens is 364 g/mol. The number of unbranched alkanes of at least 4 members (excludes halogenated alkanes) is 1. The molecule has 1 aromatic rings. The Balaban J connectivity index is 1.98. The SMILES string of the molecule is CCCCO/C(=N\SN(C)C(=O)Oc1cccc2c1OC(C)(C)C2)C(C)C. The van der Waals surface area contributed by atoms with Crippen LogP contribution in [0.15, 0.2) is 22.6 Å². The lowest BCUT2D eigenvalue weighted by atomic mass is 10.0. The van der Waals surface area contributed by atoms with Crippen molar-refractivity contribution in [1.82, 2.24) is 4.31 Å². The van der Waals surface area contributed by atoms with Gasteiger partial charge in [0.25, 0.3) is 0 Å². The number of hydrogen-bond donors (Lipinski definition) is 0. The number of rotatable bonds is 7. The molecule has 0 atom stereocenters. The van der Waals surface area contributed by atoms with Crippen LogP contribution in [0.3, 0.4) is 0 Å². The third kappa shape index (κ3) is 6.06. The molecule has 0 N–H and O–H groups in total. The van der Waals surface area contributed by atoms with Crippen LogP contribution in [0.25, 0.3) is 0 Å². The lowest BCUT2D eigenvalue weighted by Gasteiger charge is -2.19. The van der Waals surface area contributed by atoms with Gasteiger partial charge in [-0.15, -0.1) is 0 Å². The molecule has 7 heteroatoms. The lowest BCUT2D eigenvalue weighted by molar-refractivity contribution is 0.132. The van der Waals surface area contributed by atoms with E-state index in [9.17, 15) is 4.79 Å². The minimum atomic E-state index is -0.512. The third-order valence-electron chi connectivity index (χ3n) is 4.00. The average Bonchev–Trinajstić information content (AvgIpc) is 2.92. The Morgan fingerprint density at radius 3 is 2.81 bits per heavy atom. The summed E-state index contributed by atoms with van der Waals surface area (Å²) >= 11 is 1.01. The molecule has 0 spiro atoms. The zero-order valence-corrected chi connectivity index (χ0v) is 17.9. The van der Waals surface area contributed by atoms with Crippen molar-refractivity contribution in [1.29, 1.82) is 0 Å². The van der Waals surface area contributed by atoms with Crippen LogP contribution in [0.2, 0.25) is 0 Å². The summed E-state index contributed by atoms with van der Waals surface area (Å²) in [5.74, 6) is 1.84. The van der Waals surface area contributed by atoms with E-state index in [-0.39, 0.29) is 11.5 Å². The second-order valence-corrected chi connectivity index (χ2v) is 8.41. The van der Waals surface area contributed by atoms with Crippen LogP contribution in [0, 0.1) is 5.92 Å². The molecule has 27 heavy (non-hydrogen) atoms.